The molecule has 4 heteroatoms. The highest BCUT2D eigenvalue weighted by molar-refractivity contribution is 7.00. The Hall–Kier alpha value is -3.14. The summed E-state index contributed by atoms with van der Waals surface area (Å²) in [6, 6.07) is 20.9. The van der Waals surface area contributed by atoms with Gasteiger partial charge in [0.25, 0.3) is 6.71 Å². The number of hydrogen-bond donors (Lipinski definition) is 0. The highest BCUT2D eigenvalue weighted by Gasteiger charge is 2.67. The first-order valence-electron chi connectivity index (χ1n) is 15.8. The van der Waals surface area contributed by atoms with Crippen LogP contribution in [0.5, 0.6) is 0 Å². The second kappa shape index (κ2) is 6.67. The molecule has 0 saturated heterocycles. The van der Waals surface area contributed by atoms with Crippen molar-refractivity contribution in [3.05, 3.63) is 65.7 Å². The summed E-state index contributed by atoms with van der Waals surface area (Å²) in [4.78, 5) is 5.66. The predicted octanol–water partition coefficient (Wildman–Crippen LogP) is 7.06. The van der Waals surface area contributed by atoms with E-state index in [1.165, 1.54) is 90.6 Å². The van der Waals surface area contributed by atoms with Gasteiger partial charge in [0.1, 0.15) is 5.58 Å². The maximum Gasteiger partial charge on any atom is 0.297 e. The molecular weight excluding hydrogens is 487 g/mol. The van der Waals surface area contributed by atoms with E-state index >= 15 is 0 Å². The summed E-state index contributed by atoms with van der Waals surface area (Å²) >= 11 is 0. The van der Waals surface area contributed by atoms with Gasteiger partial charge in [-0.25, -0.2) is 0 Å². The van der Waals surface area contributed by atoms with Crippen LogP contribution in [0.1, 0.15) is 90.2 Å². The Labute approximate surface area is 237 Å². The van der Waals surface area contributed by atoms with Crippen molar-refractivity contribution < 1.29 is 4.42 Å². The smallest absolute Gasteiger partial charge is 0.297 e. The monoisotopic (exact) mass is 524 g/mol. The highest BCUT2D eigenvalue weighted by atomic mass is 16.3. The molecular formula is C36H37BN2O. The van der Waals surface area contributed by atoms with Crippen molar-refractivity contribution in [2.75, 3.05) is 9.80 Å². The summed E-state index contributed by atoms with van der Waals surface area (Å²) in [6.07, 6.45) is 10.2. The van der Waals surface area contributed by atoms with E-state index in [9.17, 15) is 0 Å². The van der Waals surface area contributed by atoms with Gasteiger partial charge in [-0.1, -0.05) is 75.9 Å². The predicted molar refractivity (Wildman–Crippen MR) is 166 cm³/mol. The molecule has 4 unspecified atom stereocenters. The van der Waals surface area contributed by atoms with E-state index in [0.29, 0.717) is 0 Å². The molecule has 2 saturated carbocycles. The first-order chi connectivity index (χ1) is 19.3. The van der Waals surface area contributed by atoms with Crippen molar-refractivity contribution in [3.63, 3.8) is 0 Å². The van der Waals surface area contributed by atoms with Crippen molar-refractivity contribution in [2.45, 2.75) is 101 Å². The van der Waals surface area contributed by atoms with Gasteiger partial charge in [-0.05, 0) is 79.8 Å². The van der Waals surface area contributed by atoms with Gasteiger partial charge < -0.3 is 14.2 Å². The number of rotatable bonds is 0. The van der Waals surface area contributed by atoms with E-state index in [1.807, 2.05) is 0 Å². The first kappa shape index (κ1) is 22.5. The number of furan rings is 1. The fourth-order valence-electron chi connectivity index (χ4n) is 10.9. The molecule has 1 aromatic heterocycles. The zero-order chi connectivity index (χ0) is 26.8. The van der Waals surface area contributed by atoms with Crippen LogP contribution < -0.4 is 26.4 Å². The third-order valence-electron chi connectivity index (χ3n) is 13.3. The average Bonchev–Trinajstić information content (AvgIpc) is 3.51. The van der Waals surface area contributed by atoms with Crippen LogP contribution >= 0.6 is 0 Å². The minimum absolute atomic E-state index is 0.0319. The van der Waals surface area contributed by atoms with E-state index < -0.39 is 0 Å². The zero-order valence-corrected chi connectivity index (χ0v) is 24.2. The van der Waals surface area contributed by atoms with Gasteiger partial charge in [0.05, 0.1) is 22.4 Å². The lowest BCUT2D eigenvalue weighted by atomic mass is 9.35. The van der Waals surface area contributed by atoms with Crippen molar-refractivity contribution >= 4 is 57.0 Å². The quantitative estimate of drug-likeness (QED) is 0.230. The third-order valence-corrected chi connectivity index (χ3v) is 13.3. The minimum Gasteiger partial charge on any atom is -0.468 e. The Morgan fingerprint density at radius 2 is 1.27 bits per heavy atom. The largest absolute Gasteiger partial charge is 0.468 e. The molecule has 6 aliphatic rings. The fourth-order valence-corrected chi connectivity index (χ4v) is 10.9. The van der Waals surface area contributed by atoms with E-state index in [1.54, 1.807) is 16.6 Å². The molecule has 0 bridgehead atoms. The molecule has 4 atom stereocenters. The summed E-state index contributed by atoms with van der Waals surface area (Å²) in [7, 11) is 0. The van der Waals surface area contributed by atoms with Crippen LogP contribution in [-0.4, -0.2) is 17.8 Å². The highest BCUT2D eigenvalue weighted by Crippen LogP contribution is 2.67. The lowest BCUT2D eigenvalue weighted by molar-refractivity contribution is 0.190. The van der Waals surface area contributed by atoms with Gasteiger partial charge in [-0.2, -0.15) is 0 Å². The number of para-hydroxylation sites is 2. The SMILES string of the molecule is CC12CCCCC1(C)N1c3ccccc3B3c4oc5ccccc5c4N4c5c(cc2c1c53)C1(C)CCCCC41C. The average molecular weight is 525 g/mol. The number of nitrogens with zero attached hydrogens (tertiary/aromatic N) is 2. The van der Waals surface area contributed by atoms with E-state index in [2.05, 4.69) is 92.1 Å². The first-order valence-corrected chi connectivity index (χ1v) is 15.8. The molecule has 0 N–H and O–H groups in total. The topological polar surface area (TPSA) is 19.6 Å². The molecule has 2 aliphatic carbocycles. The summed E-state index contributed by atoms with van der Waals surface area (Å²) in [6.45, 7) is 10.5. The summed E-state index contributed by atoms with van der Waals surface area (Å²) < 4.78 is 7.01. The molecule has 4 aromatic rings. The molecule has 3 aromatic carbocycles. The molecule has 10 rings (SSSR count). The fraction of sp³-hybridized carbons (Fsp3) is 0.444. The van der Waals surface area contributed by atoms with Gasteiger partial charge in [-0.3, -0.25) is 0 Å². The van der Waals surface area contributed by atoms with Crippen LogP contribution in [0.4, 0.5) is 22.7 Å². The molecule has 5 heterocycles. The number of hydrogen-bond acceptors (Lipinski definition) is 3. The number of fused-ring (bicyclic) bond motifs is 14. The number of benzene rings is 3. The molecule has 0 amide bonds. The lowest BCUT2D eigenvalue weighted by Gasteiger charge is -2.53. The summed E-state index contributed by atoms with van der Waals surface area (Å²) in [5.41, 5.74) is 14.6. The van der Waals surface area contributed by atoms with Gasteiger partial charge in [-0.15, -0.1) is 0 Å². The molecule has 40 heavy (non-hydrogen) atoms. The van der Waals surface area contributed by atoms with Gasteiger partial charge >= 0.3 is 0 Å². The minimum atomic E-state index is 0.0319. The normalized spacial score (nSPS) is 34.0. The van der Waals surface area contributed by atoms with Gasteiger partial charge in [0.15, 0.2) is 0 Å². The maximum atomic E-state index is 7.01. The van der Waals surface area contributed by atoms with Crippen LogP contribution in [0.2, 0.25) is 0 Å². The number of anilines is 4. The standard InChI is InChI=1S/C36H37BN2O/c1-33-17-9-11-19-35(33,3)38-26-15-7-6-14-25(26)37-28-30(38)23(33)21-24-31(28)39(36(4)20-12-10-18-34(24,36)2)29-22-13-5-8-16-27(22)40-32(29)37/h5-8,13-16,21H,9-12,17-20H2,1-4H3. The van der Waals surface area contributed by atoms with Crippen LogP contribution in [0.15, 0.2) is 59.0 Å². The molecule has 2 fully saturated rings. The second-order valence-electron chi connectivity index (χ2n) is 14.7. The van der Waals surface area contributed by atoms with Crippen molar-refractivity contribution in [2.24, 2.45) is 0 Å². The summed E-state index contributed by atoms with van der Waals surface area (Å²) in [5, 5.41) is 1.28. The van der Waals surface area contributed by atoms with Crippen LogP contribution in [-0.2, 0) is 10.8 Å². The van der Waals surface area contributed by atoms with Crippen LogP contribution in [0, 0.1) is 0 Å². The third kappa shape index (κ3) is 2.07. The van der Waals surface area contributed by atoms with E-state index in [0.717, 1.165) is 5.58 Å². The van der Waals surface area contributed by atoms with E-state index in [4.69, 9.17) is 4.42 Å². The van der Waals surface area contributed by atoms with Crippen LogP contribution in [0.3, 0.4) is 0 Å². The maximum absolute atomic E-state index is 7.01. The van der Waals surface area contributed by atoms with Gasteiger partial charge in [0, 0.05) is 33.3 Å². The Bertz CT molecular complexity index is 1820. The van der Waals surface area contributed by atoms with Crippen LogP contribution in [0.25, 0.3) is 11.0 Å². The van der Waals surface area contributed by atoms with Gasteiger partial charge in [0.2, 0.25) is 0 Å². The van der Waals surface area contributed by atoms with Crippen molar-refractivity contribution in [1.82, 2.24) is 0 Å². The summed E-state index contributed by atoms with van der Waals surface area (Å²) in [5.74, 6) is 0. The Balaban J connectivity index is 1.43. The Kier molecular flexibility index (Phi) is 3.76. The molecule has 200 valence electrons. The Morgan fingerprint density at radius 1 is 0.675 bits per heavy atom. The lowest BCUT2D eigenvalue weighted by Crippen LogP contribution is -2.65. The zero-order valence-electron chi connectivity index (χ0n) is 24.2. The molecule has 0 radical (unpaired) electrons. The second-order valence-corrected chi connectivity index (χ2v) is 14.7. The molecule has 0 spiro atoms. The van der Waals surface area contributed by atoms with E-state index in [-0.39, 0.29) is 28.6 Å². The van der Waals surface area contributed by atoms with Crippen molar-refractivity contribution in [1.29, 1.82) is 0 Å². The van der Waals surface area contributed by atoms with Crippen molar-refractivity contribution in [3.8, 4) is 0 Å². The Morgan fingerprint density at radius 3 is 2.02 bits per heavy atom. The molecule has 4 aliphatic heterocycles. The molecule has 3 nitrogen and oxygen atoms in total.